The number of rotatable bonds is 4. The molecule has 126 valence electrons. The molecule has 0 aromatic heterocycles. The monoisotopic (exact) mass is 319 g/mol. The topological polar surface area (TPSA) is 77.8 Å². The van der Waals surface area contributed by atoms with Gasteiger partial charge in [-0.2, -0.15) is 0 Å². The van der Waals surface area contributed by atoms with Crippen molar-refractivity contribution in [1.29, 1.82) is 0 Å². The van der Waals surface area contributed by atoms with Crippen molar-refractivity contribution in [3.8, 4) is 0 Å². The van der Waals surface area contributed by atoms with Crippen LogP contribution in [0, 0.1) is 11.3 Å². The molecule has 0 aromatic rings. The van der Waals surface area contributed by atoms with Gasteiger partial charge in [0.2, 0.25) is 5.91 Å². The van der Waals surface area contributed by atoms with Crippen LogP contribution in [0.4, 0.5) is 0 Å². The van der Waals surface area contributed by atoms with Gasteiger partial charge in [0, 0.05) is 18.7 Å². The maximum Gasteiger partial charge on any atom is 0.311 e. The molecule has 1 atom stereocenters. The number of carbonyl (C=O) groups excluding carboxylic acids is 1. The lowest BCUT2D eigenvalue weighted by Gasteiger charge is -2.32. The number of aliphatic hydroxyl groups is 1. The summed E-state index contributed by atoms with van der Waals surface area (Å²) in [5.74, 6) is -1.54. The Morgan fingerprint density at radius 1 is 1.35 bits per heavy atom. The first-order valence-electron chi connectivity index (χ1n) is 8.00. The number of aliphatic hydroxyl groups excluding tert-OH is 1. The van der Waals surface area contributed by atoms with E-state index in [1.807, 2.05) is 39.0 Å². The number of nitrogens with zero attached hydrogens (tertiary/aromatic N) is 1. The van der Waals surface area contributed by atoms with Crippen LogP contribution in [0.5, 0.6) is 0 Å². The first-order chi connectivity index (χ1) is 10.8. The highest BCUT2D eigenvalue weighted by Gasteiger charge is 2.39. The quantitative estimate of drug-likeness (QED) is 0.834. The van der Waals surface area contributed by atoms with Gasteiger partial charge in [-0.25, -0.2) is 0 Å². The smallest absolute Gasteiger partial charge is 0.311 e. The highest BCUT2D eigenvalue weighted by molar-refractivity contribution is 5.82. The van der Waals surface area contributed by atoms with E-state index in [4.69, 9.17) is 0 Å². The van der Waals surface area contributed by atoms with Crippen LogP contribution in [0.25, 0.3) is 0 Å². The van der Waals surface area contributed by atoms with E-state index < -0.39 is 17.3 Å². The van der Waals surface area contributed by atoms with E-state index in [-0.39, 0.29) is 25.5 Å². The molecule has 1 unspecified atom stereocenters. The number of allylic oxidation sites excluding steroid dienone is 4. The zero-order valence-corrected chi connectivity index (χ0v) is 14.0. The summed E-state index contributed by atoms with van der Waals surface area (Å²) in [6.45, 7) is 5.87. The summed E-state index contributed by atoms with van der Waals surface area (Å²) in [5, 5.41) is 19.0. The molecule has 23 heavy (non-hydrogen) atoms. The Hall–Kier alpha value is -1.88. The minimum atomic E-state index is -0.850. The van der Waals surface area contributed by atoms with Crippen molar-refractivity contribution >= 4 is 11.9 Å². The van der Waals surface area contributed by atoms with E-state index in [0.29, 0.717) is 12.8 Å². The third kappa shape index (κ3) is 3.55. The second-order valence-electron chi connectivity index (χ2n) is 7.09. The standard InChI is InChI=1S/C18H25NO4/c1-18(2,3)16(17(22)23)13-8-9-15(21)19(10-11-20)14-7-5-4-6-12(13)14/h4-5,7,16,20H,6,8-11H2,1-3H3,(H,22,23). The number of fused-ring (bicyclic) bond motifs is 1. The SMILES string of the molecule is CC(C)(C)C(C(=O)O)C1=C2CC=CC=C2N(CCO)C(=O)CC1. The third-order valence-electron chi connectivity index (χ3n) is 4.39. The van der Waals surface area contributed by atoms with Crippen molar-refractivity contribution in [2.24, 2.45) is 11.3 Å². The molecule has 1 amide bonds. The molecular formula is C18H25NO4. The Balaban J connectivity index is 2.58. The summed E-state index contributed by atoms with van der Waals surface area (Å²) >= 11 is 0. The van der Waals surface area contributed by atoms with Gasteiger partial charge in [0.05, 0.1) is 12.5 Å². The van der Waals surface area contributed by atoms with Gasteiger partial charge < -0.3 is 15.1 Å². The zero-order chi connectivity index (χ0) is 17.2. The molecule has 0 spiro atoms. The Bertz CT molecular complexity index is 593. The van der Waals surface area contributed by atoms with Gasteiger partial charge in [-0.3, -0.25) is 9.59 Å². The number of amides is 1. The number of carboxylic acid groups (broad SMARTS) is 1. The number of aliphatic carboxylic acids is 1. The van der Waals surface area contributed by atoms with Crippen LogP contribution in [-0.4, -0.2) is 40.1 Å². The Morgan fingerprint density at radius 3 is 2.61 bits per heavy atom. The van der Waals surface area contributed by atoms with Crippen molar-refractivity contribution in [1.82, 2.24) is 4.90 Å². The molecule has 0 aromatic carbocycles. The minimum Gasteiger partial charge on any atom is -0.481 e. The lowest BCUT2D eigenvalue weighted by molar-refractivity contribution is -0.143. The summed E-state index contributed by atoms with van der Waals surface area (Å²) in [6, 6.07) is 0. The fourth-order valence-corrected chi connectivity index (χ4v) is 3.47. The molecule has 2 N–H and O–H groups in total. The maximum atomic E-state index is 12.4. The van der Waals surface area contributed by atoms with Crippen molar-refractivity contribution in [3.05, 3.63) is 35.1 Å². The van der Waals surface area contributed by atoms with Crippen LogP contribution < -0.4 is 0 Å². The predicted octanol–water partition coefficient (Wildman–Crippen LogP) is 2.49. The number of carboxylic acids is 1. The predicted molar refractivity (Wildman–Crippen MR) is 87.5 cm³/mol. The second-order valence-corrected chi connectivity index (χ2v) is 7.09. The van der Waals surface area contributed by atoms with E-state index in [2.05, 4.69) is 0 Å². The molecule has 1 aliphatic heterocycles. The molecule has 0 saturated carbocycles. The van der Waals surface area contributed by atoms with Crippen molar-refractivity contribution in [3.63, 3.8) is 0 Å². The summed E-state index contributed by atoms with van der Waals surface area (Å²) in [6.07, 6.45) is 7.06. The van der Waals surface area contributed by atoms with Crippen molar-refractivity contribution < 1.29 is 19.8 Å². The van der Waals surface area contributed by atoms with E-state index in [1.54, 1.807) is 4.90 Å². The van der Waals surface area contributed by atoms with Crippen LogP contribution in [0.3, 0.4) is 0 Å². The first kappa shape index (κ1) is 17.5. The van der Waals surface area contributed by atoms with Gasteiger partial charge in [-0.15, -0.1) is 0 Å². The van der Waals surface area contributed by atoms with Gasteiger partial charge in [-0.05, 0) is 35.5 Å². The lowest BCUT2D eigenvalue weighted by atomic mass is 9.72. The summed E-state index contributed by atoms with van der Waals surface area (Å²) in [5.41, 5.74) is 2.08. The number of hydrogen-bond acceptors (Lipinski definition) is 3. The number of β-amino-alcohol motifs (C(OH)–C–C–N with tert-alkyl or cyclic N) is 1. The van der Waals surface area contributed by atoms with Gasteiger partial charge >= 0.3 is 5.97 Å². The van der Waals surface area contributed by atoms with Crippen LogP contribution in [0.2, 0.25) is 0 Å². The highest BCUT2D eigenvalue weighted by Crippen LogP contribution is 2.41. The summed E-state index contributed by atoms with van der Waals surface area (Å²) in [4.78, 5) is 25.9. The fourth-order valence-electron chi connectivity index (χ4n) is 3.47. The van der Waals surface area contributed by atoms with Crippen molar-refractivity contribution in [2.75, 3.05) is 13.2 Å². The minimum absolute atomic E-state index is 0.0638. The van der Waals surface area contributed by atoms with E-state index in [9.17, 15) is 19.8 Å². The molecule has 2 rings (SSSR count). The molecule has 1 aliphatic carbocycles. The molecule has 0 saturated heterocycles. The number of carbonyl (C=O) groups is 2. The lowest BCUT2D eigenvalue weighted by Crippen LogP contribution is -2.33. The summed E-state index contributed by atoms with van der Waals surface area (Å²) in [7, 11) is 0. The highest BCUT2D eigenvalue weighted by atomic mass is 16.4. The summed E-state index contributed by atoms with van der Waals surface area (Å²) < 4.78 is 0. The molecule has 1 heterocycles. The zero-order valence-electron chi connectivity index (χ0n) is 14.0. The van der Waals surface area contributed by atoms with Crippen LogP contribution in [0.1, 0.15) is 40.0 Å². The second kappa shape index (κ2) is 6.71. The normalized spacial score (nSPS) is 20.1. The Morgan fingerprint density at radius 2 is 2.04 bits per heavy atom. The average molecular weight is 319 g/mol. The molecule has 0 fully saturated rings. The van der Waals surface area contributed by atoms with Crippen molar-refractivity contribution in [2.45, 2.75) is 40.0 Å². The Labute approximate surface area is 137 Å². The van der Waals surface area contributed by atoms with Gasteiger partial charge in [0.1, 0.15) is 0 Å². The third-order valence-corrected chi connectivity index (χ3v) is 4.39. The Kier molecular flexibility index (Phi) is 5.09. The van der Waals surface area contributed by atoms with Crippen LogP contribution >= 0.6 is 0 Å². The molecule has 5 heteroatoms. The molecular weight excluding hydrogens is 294 g/mol. The van der Waals surface area contributed by atoms with E-state index in [0.717, 1.165) is 16.8 Å². The van der Waals surface area contributed by atoms with Gasteiger partial charge in [0.25, 0.3) is 0 Å². The van der Waals surface area contributed by atoms with E-state index >= 15 is 0 Å². The van der Waals surface area contributed by atoms with E-state index in [1.165, 1.54) is 0 Å². The average Bonchev–Trinajstić information content (AvgIpc) is 2.58. The molecule has 0 bridgehead atoms. The number of hydrogen-bond donors (Lipinski definition) is 2. The largest absolute Gasteiger partial charge is 0.481 e. The molecule has 5 nitrogen and oxygen atoms in total. The molecule has 2 aliphatic rings. The van der Waals surface area contributed by atoms with Crippen LogP contribution in [0.15, 0.2) is 35.1 Å². The molecule has 0 radical (unpaired) electrons. The maximum absolute atomic E-state index is 12.4. The fraction of sp³-hybridized carbons (Fsp3) is 0.556. The van der Waals surface area contributed by atoms with Gasteiger partial charge in [0.15, 0.2) is 0 Å². The first-order valence-corrected chi connectivity index (χ1v) is 8.00. The van der Waals surface area contributed by atoms with Gasteiger partial charge in [-0.1, -0.05) is 32.9 Å². The van der Waals surface area contributed by atoms with Crippen LogP contribution in [-0.2, 0) is 9.59 Å².